The first-order valence-electron chi connectivity index (χ1n) is 7.96. The van der Waals surface area contributed by atoms with E-state index in [2.05, 4.69) is 0 Å². The minimum absolute atomic E-state index is 0.0126. The molecule has 0 unspecified atom stereocenters. The van der Waals surface area contributed by atoms with Crippen molar-refractivity contribution in [2.45, 2.75) is 0 Å². The molecule has 0 aromatic heterocycles. The van der Waals surface area contributed by atoms with Gasteiger partial charge >= 0.3 is 0 Å². The van der Waals surface area contributed by atoms with Crippen molar-refractivity contribution in [3.05, 3.63) is 70.5 Å². The summed E-state index contributed by atoms with van der Waals surface area (Å²) < 4.78 is 67.1. The van der Waals surface area contributed by atoms with Crippen molar-refractivity contribution in [2.75, 3.05) is 26.2 Å². The van der Waals surface area contributed by atoms with Gasteiger partial charge in [-0.25, -0.2) is 22.0 Å². The predicted octanol–water partition coefficient (Wildman–Crippen LogP) is 2.98. The third kappa shape index (κ3) is 3.62. The van der Waals surface area contributed by atoms with Crippen LogP contribution >= 0.6 is 0 Å². The first-order valence-corrected chi connectivity index (χ1v) is 7.96. The first-order chi connectivity index (χ1) is 12.8. The Bertz CT molecular complexity index is 867. The molecule has 1 fully saturated rings. The smallest absolute Gasteiger partial charge is 0.259 e. The molecule has 2 aromatic rings. The zero-order valence-electron chi connectivity index (χ0n) is 13.8. The number of rotatable bonds is 2. The van der Waals surface area contributed by atoms with Crippen LogP contribution in [-0.4, -0.2) is 47.8 Å². The standard InChI is InChI=1S/C18H13F5N2O2/c19-11-2-1-3-12(20)15(11)18(27)25-6-4-24(5-7-25)17(26)10-8-13(21)16(23)14(22)9-10/h1-3,8-9H,4-7H2. The highest BCUT2D eigenvalue weighted by atomic mass is 19.2. The quantitative estimate of drug-likeness (QED) is 0.590. The van der Waals surface area contributed by atoms with Crippen LogP contribution in [0.1, 0.15) is 20.7 Å². The third-order valence-electron chi connectivity index (χ3n) is 4.26. The molecule has 27 heavy (non-hydrogen) atoms. The molecule has 9 heteroatoms. The van der Waals surface area contributed by atoms with Crippen molar-refractivity contribution in [3.63, 3.8) is 0 Å². The van der Waals surface area contributed by atoms with Crippen LogP contribution in [0.4, 0.5) is 22.0 Å². The Labute approximate surface area is 150 Å². The van der Waals surface area contributed by atoms with E-state index in [4.69, 9.17) is 0 Å². The molecule has 0 spiro atoms. The molecule has 2 amide bonds. The molecule has 1 heterocycles. The van der Waals surface area contributed by atoms with E-state index < -0.39 is 46.5 Å². The number of carbonyl (C=O) groups excluding carboxylic acids is 2. The molecule has 3 rings (SSSR count). The van der Waals surface area contributed by atoms with Gasteiger partial charge in [0.15, 0.2) is 17.5 Å². The van der Waals surface area contributed by atoms with Crippen molar-refractivity contribution in [1.29, 1.82) is 0 Å². The summed E-state index contributed by atoms with van der Waals surface area (Å²) in [5, 5.41) is 0. The number of piperazine rings is 1. The molecule has 0 bridgehead atoms. The van der Waals surface area contributed by atoms with Crippen LogP contribution in [0.2, 0.25) is 0 Å². The van der Waals surface area contributed by atoms with E-state index in [0.717, 1.165) is 18.2 Å². The monoisotopic (exact) mass is 384 g/mol. The number of nitrogens with zero attached hydrogens (tertiary/aromatic N) is 2. The summed E-state index contributed by atoms with van der Waals surface area (Å²) in [4.78, 5) is 27.0. The van der Waals surface area contributed by atoms with E-state index in [1.165, 1.54) is 9.80 Å². The molecule has 0 atom stereocenters. The summed E-state index contributed by atoms with van der Waals surface area (Å²) in [7, 11) is 0. The van der Waals surface area contributed by atoms with Crippen molar-refractivity contribution in [3.8, 4) is 0 Å². The zero-order valence-corrected chi connectivity index (χ0v) is 13.8. The lowest BCUT2D eigenvalue weighted by Crippen LogP contribution is -2.51. The van der Waals surface area contributed by atoms with Crippen LogP contribution in [0.3, 0.4) is 0 Å². The minimum atomic E-state index is -1.67. The molecule has 0 aliphatic carbocycles. The number of amides is 2. The van der Waals surface area contributed by atoms with Gasteiger partial charge in [0.25, 0.3) is 11.8 Å². The van der Waals surface area contributed by atoms with Gasteiger partial charge in [0.2, 0.25) is 0 Å². The molecule has 1 saturated heterocycles. The predicted molar refractivity (Wildman–Crippen MR) is 84.5 cm³/mol. The SMILES string of the molecule is O=C(c1cc(F)c(F)c(F)c1)N1CCN(C(=O)c2c(F)cccc2F)CC1. The van der Waals surface area contributed by atoms with Gasteiger partial charge in [0.05, 0.1) is 0 Å². The summed E-state index contributed by atoms with van der Waals surface area (Å²) in [5.74, 6) is -8.21. The number of carbonyl (C=O) groups is 2. The summed E-state index contributed by atoms with van der Waals surface area (Å²) in [5.41, 5.74) is -1.05. The largest absolute Gasteiger partial charge is 0.335 e. The lowest BCUT2D eigenvalue weighted by Gasteiger charge is -2.35. The second kappa shape index (κ2) is 7.34. The molecular weight excluding hydrogens is 371 g/mol. The van der Waals surface area contributed by atoms with Gasteiger partial charge in [0, 0.05) is 31.7 Å². The maximum absolute atomic E-state index is 13.7. The topological polar surface area (TPSA) is 40.6 Å². The lowest BCUT2D eigenvalue weighted by molar-refractivity contribution is 0.0529. The number of hydrogen-bond donors (Lipinski definition) is 0. The van der Waals surface area contributed by atoms with Crippen LogP contribution in [0.25, 0.3) is 0 Å². The highest BCUT2D eigenvalue weighted by Gasteiger charge is 2.29. The van der Waals surface area contributed by atoms with Crippen LogP contribution in [0.15, 0.2) is 30.3 Å². The average Bonchev–Trinajstić information content (AvgIpc) is 2.65. The van der Waals surface area contributed by atoms with E-state index >= 15 is 0 Å². The van der Waals surface area contributed by atoms with Crippen molar-refractivity contribution in [2.24, 2.45) is 0 Å². The van der Waals surface area contributed by atoms with E-state index in [1.807, 2.05) is 0 Å². The fraction of sp³-hybridized carbons (Fsp3) is 0.222. The van der Waals surface area contributed by atoms with Gasteiger partial charge in [-0.2, -0.15) is 0 Å². The van der Waals surface area contributed by atoms with Gasteiger partial charge in [-0.05, 0) is 24.3 Å². The molecule has 0 N–H and O–H groups in total. The third-order valence-corrected chi connectivity index (χ3v) is 4.26. The Morgan fingerprint density at radius 2 is 1.15 bits per heavy atom. The summed E-state index contributed by atoms with van der Waals surface area (Å²) in [6, 6.07) is 4.25. The maximum Gasteiger partial charge on any atom is 0.259 e. The highest BCUT2D eigenvalue weighted by molar-refractivity contribution is 5.96. The zero-order chi connectivity index (χ0) is 19.7. The van der Waals surface area contributed by atoms with Crippen LogP contribution < -0.4 is 0 Å². The number of benzene rings is 2. The van der Waals surface area contributed by atoms with E-state index in [9.17, 15) is 31.5 Å². The fourth-order valence-corrected chi connectivity index (χ4v) is 2.83. The summed E-state index contributed by atoms with van der Waals surface area (Å²) in [6.07, 6.45) is 0. The Morgan fingerprint density at radius 1 is 0.704 bits per heavy atom. The molecule has 0 radical (unpaired) electrons. The van der Waals surface area contributed by atoms with Crippen LogP contribution in [0.5, 0.6) is 0 Å². The average molecular weight is 384 g/mol. The minimum Gasteiger partial charge on any atom is -0.335 e. The van der Waals surface area contributed by atoms with Crippen LogP contribution in [0, 0.1) is 29.1 Å². The summed E-state index contributed by atoms with van der Waals surface area (Å²) in [6.45, 7) is -0.0719. The Kier molecular flexibility index (Phi) is 5.11. The van der Waals surface area contributed by atoms with Crippen molar-refractivity contribution >= 4 is 11.8 Å². The van der Waals surface area contributed by atoms with E-state index in [0.29, 0.717) is 12.1 Å². The van der Waals surface area contributed by atoms with Crippen LogP contribution in [-0.2, 0) is 0 Å². The first kappa shape index (κ1) is 18.8. The normalized spacial score (nSPS) is 14.4. The highest BCUT2D eigenvalue weighted by Crippen LogP contribution is 2.19. The van der Waals surface area contributed by atoms with E-state index in [1.54, 1.807) is 0 Å². The molecule has 142 valence electrons. The Morgan fingerprint density at radius 3 is 1.63 bits per heavy atom. The number of hydrogen-bond acceptors (Lipinski definition) is 2. The molecule has 1 aliphatic rings. The molecule has 2 aromatic carbocycles. The van der Waals surface area contributed by atoms with Gasteiger partial charge in [-0.15, -0.1) is 0 Å². The Balaban J connectivity index is 1.70. The molecular formula is C18H13F5N2O2. The van der Waals surface area contributed by atoms with E-state index in [-0.39, 0.29) is 31.7 Å². The van der Waals surface area contributed by atoms with Crippen molar-refractivity contribution < 1.29 is 31.5 Å². The molecule has 1 aliphatic heterocycles. The maximum atomic E-state index is 13.7. The molecule has 0 saturated carbocycles. The van der Waals surface area contributed by atoms with Gasteiger partial charge < -0.3 is 9.80 Å². The van der Waals surface area contributed by atoms with Crippen molar-refractivity contribution in [1.82, 2.24) is 9.80 Å². The summed E-state index contributed by atoms with van der Waals surface area (Å²) >= 11 is 0. The Hall–Kier alpha value is -2.97. The lowest BCUT2D eigenvalue weighted by atomic mass is 10.1. The van der Waals surface area contributed by atoms with Gasteiger partial charge in [-0.1, -0.05) is 6.07 Å². The molecule has 4 nitrogen and oxygen atoms in total. The van der Waals surface area contributed by atoms with Gasteiger partial charge in [0.1, 0.15) is 17.2 Å². The second-order valence-corrected chi connectivity index (χ2v) is 5.93. The fourth-order valence-electron chi connectivity index (χ4n) is 2.83. The second-order valence-electron chi connectivity index (χ2n) is 5.93. The number of halogens is 5. The van der Waals surface area contributed by atoms with Gasteiger partial charge in [-0.3, -0.25) is 9.59 Å².